The molecule has 10 nitrogen and oxygen atoms in total. The van der Waals surface area contributed by atoms with Gasteiger partial charge in [-0.1, -0.05) is 12.1 Å². The van der Waals surface area contributed by atoms with Crippen LogP contribution in [-0.2, 0) is 20.2 Å². The number of azo groups is 1. The Kier molecular flexibility index (Phi) is 4.81. The number of nitrogen functional groups attached to an aromatic ring is 2. The Labute approximate surface area is 160 Å². The number of nitrogens with two attached hydrogens (primary N) is 2. The maximum absolute atomic E-state index is 11.5. The van der Waals surface area contributed by atoms with Crippen molar-refractivity contribution in [2.24, 2.45) is 10.2 Å². The zero-order chi connectivity index (χ0) is 20.7. The van der Waals surface area contributed by atoms with Crippen molar-refractivity contribution in [3.8, 4) is 0 Å². The number of benzene rings is 3. The maximum atomic E-state index is 11.5. The molecule has 0 fully saturated rings. The summed E-state index contributed by atoms with van der Waals surface area (Å²) < 4.78 is 64.1. The molecule has 0 aliphatic rings. The number of nitrogens with zero attached hydrogens (tertiary/aromatic N) is 2. The number of fused-ring (bicyclic) bond motifs is 1. The van der Waals surface area contributed by atoms with E-state index in [2.05, 4.69) is 10.2 Å². The largest absolute Gasteiger partial charge is 0.399 e. The van der Waals surface area contributed by atoms with Gasteiger partial charge in [0.25, 0.3) is 20.2 Å². The summed E-state index contributed by atoms with van der Waals surface area (Å²) in [5.74, 6) is 0. The fourth-order valence-electron chi connectivity index (χ4n) is 2.51. The summed E-state index contributed by atoms with van der Waals surface area (Å²) in [4.78, 5) is -0.796. The summed E-state index contributed by atoms with van der Waals surface area (Å²) in [6, 6.07) is 10.3. The molecule has 12 heteroatoms. The van der Waals surface area contributed by atoms with Crippen molar-refractivity contribution < 1.29 is 25.9 Å². The van der Waals surface area contributed by atoms with Crippen LogP contribution in [0.1, 0.15) is 0 Å². The summed E-state index contributed by atoms with van der Waals surface area (Å²) in [6.07, 6.45) is 0. The lowest BCUT2D eigenvalue weighted by Gasteiger charge is -2.07. The molecule has 0 saturated heterocycles. The van der Waals surface area contributed by atoms with Crippen LogP contribution in [0.3, 0.4) is 0 Å². The van der Waals surface area contributed by atoms with E-state index >= 15 is 0 Å². The van der Waals surface area contributed by atoms with Crippen molar-refractivity contribution in [2.45, 2.75) is 9.79 Å². The molecule has 146 valence electrons. The second kappa shape index (κ2) is 6.83. The van der Waals surface area contributed by atoms with Crippen LogP contribution in [0.5, 0.6) is 0 Å². The molecular formula is C16H14N4O6S2. The minimum absolute atomic E-state index is 0.142. The van der Waals surface area contributed by atoms with Gasteiger partial charge in [0.1, 0.15) is 16.3 Å². The van der Waals surface area contributed by atoms with Crippen LogP contribution in [0, 0.1) is 0 Å². The lowest BCUT2D eigenvalue weighted by atomic mass is 10.1. The van der Waals surface area contributed by atoms with E-state index in [0.717, 1.165) is 6.07 Å². The fourth-order valence-corrected chi connectivity index (χ4v) is 3.63. The monoisotopic (exact) mass is 422 g/mol. The minimum Gasteiger partial charge on any atom is -0.399 e. The van der Waals surface area contributed by atoms with Crippen LogP contribution >= 0.6 is 0 Å². The zero-order valence-electron chi connectivity index (χ0n) is 14.0. The molecule has 0 atom stereocenters. The highest BCUT2D eigenvalue weighted by Gasteiger charge is 2.16. The minimum atomic E-state index is -4.56. The Morgan fingerprint density at radius 2 is 1.50 bits per heavy atom. The first kappa shape index (κ1) is 19.7. The standard InChI is InChI=1S/C16H14N4O6S2/c17-10-2-6-15(28(24,25)26)14(8-10)19-20-16-12-4-3-11(27(21,22)23)7-9(12)1-5-13(16)18/h1-8H,17-18H2,(H,21,22,23)(H,24,25,26). The van der Waals surface area contributed by atoms with E-state index in [4.69, 9.17) is 11.5 Å². The highest BCUT2D eigenvalue weighted by molar-refractivity contribution is 7.86. The maximum Gasteiger partial charge on any atom is 0.296 e. The van der Waals surface area contributed by atoms with E-state index in [1.165, 1.54) is 42.5 Å². The summed E-state index contributed by atoms with van der Waals surface area (Å²) >= 11 is 0. The quantitative estimate of drug-likeness (QED) is 0.281. The van der Waals surface area contributed by atoms with Crippen molar-refractivity contribution in [3.05, 3.63) is 48.5 Å². The summed E-state index contributed by atoms with van der Waals surface area (Å²) in [5.41, 5.74) is 11.9. The normalized spacial score (nSPS) is 12.6. The lowest BCUT2D eigenvalue weighted by Crippen LogP contribution is -1.99. The Balaban J connectivity index is 2.18. The highest BCUT2D eigenvalue weighted by Crippen LogP contribution is 2.36. The van der Waals surface area contributed by atoms with E-state index in [-0.39, 0.29) is 27.6 Å². The third-order valence-electron chi connectivity index (χ3n) is 3.81. The zero-order valence-corrected chi connectivity index (χ0v) is 15.6. The van der Waals surface area contributed by atoms with Gasteiger partial charge in [-0.2, -0.15) is 16.8 Å². The molecule has 6 N–H and O–H groups in total. The predicted octanol–water partition coefficient (Wildman–Crippen LogP) is 2.91. The van der Waals surface area contributed by atoms with Crippen LogP contribution in [0.2, 0.25) is 0 Å². The number of anilines is 2. The SMILES string of the molecule is Nc1ccc(S(=O)(=O)O)c(N=Nc2c(N)ccc3cc(S(=O)(=O)O)ccc23)c1. The van der Waals surface area contributed by atoms with Crippen molar-refractivity contribution in [3.63, 3.8) is 0 Å². The van der Waals surface area contributed by atoms with Crippen LogP contribution in [0.15, 0.2) is 68.6 Å². The van der Waals surface area contributed by atoms with Gasteiger partial charge >= 0.3 is 0 Å². The van der Waals surface area contributed by atoms with Gasteiger partial charge in [0.05, 0.1) is 10.6 Å². The first-order chi connectivity index (χ1) is 13.0. The fraction of sp³-hybridized carbons (Fsp3) is 0. The molecule has 3 aromatic carbocycles. The number of rotatable bonds is 4. The van der Waals surface area contributed by atoms with Gasteiger partial charge in [-0.15, -0.1) is 10.2 Å². The average Bonchev–Trinajstić information content (AvgIpc) is 2.58. The van der Waals surface area contributed by atoms with Gasteiger partial charge in [-0.05, 0) is 41.8 Å². The van der Waals surface area contributed by atoms with Crippen molar-refractivity contribution in [1.29, 1.82) is 0 Å². The van der Waals surface area contributed by atoms with Gasteiger partial charge in [-0.25, -0.2) is 0 Å². The van der Waals surface area contributed by atoms with Gasteiger partial charge in [0, 0.05) is 11.1 Å². The molecule has 0 heterocycles. The van der Waals surface area contributed by atoms with Gasteiger partial charge < -0.3 is 11.5 Å². The molecule has 0 bridgehead atoms. The summed E-state index contributed by atoms with van der Waals surface area (Å²) in [5, 5.41) is 8.63. The summed E-state index contributed by atoms with van der Waals surface area (Å²) in [7, 11) is -8.96. The Morgan fingerprint density at radius 3 is 2.14 bits per heavy atom. The second-order valence-electron chi connectivity index (χ2n) is 5.76. The van der Waals surface area contributed by atoms with Crippen LogP contribution < -0.4 is 11.5 Å². The third-order valence-corrected chi connectivity index (χ3v) is 5.56. The van der Waals surface area contributed by atoms with E-state index in [9.17, 15) is 25.9 Å². The van der Waals surface area contributed by atoms with Crippen molar-refractivity contribution in [1.82, 2.24) is 0 Å². The Hall–Kier alpha value is -3.06. The smallest absolute Gasteiger partial charge is 0.296 e. The topological polar surface area (TPSA) is 185 Å². The van der Waals surface area contributed by atoms with E-state index in [0.29, 0.717) is 10.8 Å². The van der Waals surface area contributed by atoms with E-state index in [1.807, 2.05) is 0 Å². The Bertz CT molecular complexity index is 1330. The second-order valence-corrected chi connectivity index (χ2v) is 8.58. The van der Waals surface area contributed by atoms with Crippen molar-refractivity contribution >= 4 is 53.8 Å². The van der Waals surface area contributed by atoms with Crippen LogP contribution in [0.25, 0.3) is 10.8 Å². The molecule has 0 saturated carbocycles. The average molecular weight is 422 g/mol. The third kappa shape index (κ3) is 3.94. The Morgan fingerprint density at radius 1 is 0.786 bits per heavy atom. The lowest BCUT2D eigenvalue weighted by molar-refractivity contribution is 0.481. The molecule has 0 aliphatic heterocycles. The van der Waals surface area contributed by atoms with Gasteiger partial charge in [0.15, 0.2) is 0 Å². The van der Waals surface area contributed by atoms with E-state index < -0.39 is 25.1 Å². The molecule has 0 amide bonds. The predicted molar refractivity (Wildman–Crippen MR) is 103 cm³/mol. The molecule has 0 unspecified atom stereocenters. The molecule has 0 aliphatic carbocycles. The molecule has 3 aromatic rings. The highest BCUT2D eigenvalue weighted by atomic mass is 32.2. The van der Waals surface area contributed by atoms with Crippen molar-refractivity contribution in [2.75, 3.05) is 11.5 Å². The molecule has 0 aromatic heterocycles. The van der Waals surface area contributed by atoms with Gasteiger partial charge in [0.2, 0.25) is 0 Å². The molecule has 3 rings (SSSR count). The van der Waals surface area contributed by atoms with E-state index in [1.54, 1.807) is 0 Å². The van der Waals surface area contributed by atoms with Gasteiger partial charge in [-0.3, -0.25) is 9.11 Å². The molecule has 0 radical (unpaired) electrons. The summed E-state index contributed by atoms with van der Waals surface area (Å²) in [6.45, 7) is 0. The first-order valence-corrected chi connectivity index (χ1v) is 10.4. The van der Waals surface area contributed by atoms with Crippen LogP contribution in [0.4, 0.5) is 22.7 Å². The van der Waals surface area contributed by atoms with Crippen LogP contribution in [-0.4, -0.2) is 25.9 Å². The molecule has 0 spiro atoms. The molecule has 28 heavy (non-hydrogen) atoms. The number of hydrogen-bond acceptors (Lipinski definition) is 8. The number of hydrogen-bond donors (Lipinski definition) is 4. The molecular weight excluding hydrogens is 408 g/mol. The first-order valence-electron chi connectivity index (χ1n) is 7.55.